The second kappa shape index (κ2) is 5.14. The normalized spacial score (nSPS) is 11.3. The number of furan rings is 1. The number of aromatic nitrogens is 1. The quantitative estimate of drug-likeness (QED) is 0.920. The number of pyridine rings is 1. The molecule has 0 aliphatic carbocycles. The summed E-state index contributed by atoms with van der Waals surface area (Å²) < 4.78 is 27.7. The fraction of sp³-hybridized carbons (Fsp3) is 0.0909. The van der Waals surface area contributed by atoms with Crippen molar-refractivity contribution in [3.05, 3.63) is 40.9 Å². The summed E-state index contributed by atoms with van der Waals surface area (Å²) in [5, 5.41) is 2.53. The lowest BCUT2D eigenvalue weighted by Crippen LogP contribution is -2.12. The molecule has 100 valence electrons. The number of sulfone groups is 1. The minimum Gasteiger partial charge on any atom is -0.457 e. The minimum absolute atomic E-state index is 0.0463. The Morgan fingerprint density at radius 1 is 1.37 bits per heavy atom. The first kappa shape index (κ1) is 13.8. The fourth-order valence-corrected chi connectivity index (χ4v) is 2.31. The van der Waals surface area contributed by atoms with Crippen molar-refractivity contribution in [1.29, 1.82) is 0 Å². The summed E-state index contributed by atoms with van der Waals surface area (Å²) in [4.78, 5) is 15.6. The second-order valence-electron chi connectivity index (χ2n) is 3.72. The van der Waals surface area contributed by atoms with Crippen molar-refractivity contribution >= 4 is 37.4 Å². The van der Waals surface area contributed by atoms with E-state index in [-0.39, 0.29) is 10.9 Å². The van der Waals surface area contributed by atoms with Gasteiger partial charge < -0.3 is 9.73 Å². The van der Waals surface area contributed by atoms with Gasteiger partial charge in [0.2, 0.25) is 0 Å². The van der Waals surface area contributed by atoms with Crippen LogP contribution in [0.3, 0.4) is 0 Å². The maximum absolute atomic E-state index is 11.8. The van der Waals surface area contributed by atoms with Gasteiger partial charge >= 0.3 is 0 Å². The van der Waals surface area contributed by atoms with Gasteiger partial charge in [-0.25, -0.2) is 13.4 Å². The zero-order chi connectivity index (χ0) is 14.0. The number of carbonyl (C=O) groups excluding carboxylic acids is 1. The highest BCUT2D eigenvalue weighted by atomic mass is 79.9. The van der Waals surface area contributed by atoms with E-state index in [2.05, 4.69) is 26.2 Å². The molecule has 2 rings (SSSR count). The van der Waals surface area contributed by atoms with Crippen molar-refractivity contribution in [1.82, 2.24) is 4.98 Å². The molecule has 0 saturated carbocycles. The molecule has 0 aromatic carbocycles. The molecular formula is C11H9BrN2O4S. The summed E-state index contributed by atoms with van der Waals surface area (Å²) in [5.41, 5.74) is 0.734. The predicted molar refractivity (Wildman–Crippen MR) is 71.7 cm³/mol. The molecule has 2 heterocycles. The van der Waals surface area contributed by atoms with Crippen molar-refractivity contribution in [3.8, 4) is 0 Å². The number of nitrogens with zero attached hydrogens (tertiary/aromatic N) is 1. The monoisotopic (exact) mass is 344 g/mol. The third-order valence-corrected chi connectivity index (χ3v) is 3.85. The summed E-state index contributed by atoms with van der Waals surface area (Å²) in [7, 11) is -3.34. The van der Waals surface area contributed by atoms with Gasteiger partial charge in [0.15, 0.2) is 19.5 Å². The number of hydrogen-bond acceptors (Lipinski definition) is 5. The molecule has 0 aliphatic heterocycles. The molecule has 8 heteroatoms. The molecule has 0 bridgehead atoms. The maximum Gasteiger partial charge on any atom is 0.260 e. The molecule has 2 aromatic rings. The Hall–Kier alpha value is -1.67. The molecule has 0 unspecified atom stereocenters. The Morgan fingerprint density at radius 2 is 2.11 bits per heavy atom. The van der Waals surface area contributed by atoms with Gasteiger partial charge in [0, 0.05) is 6.26 Å². The summed E-state index contributed by atoms with van der Waals surface area (Å²) in [6, 6.07) is 4.31. The van der Waals surface area contributed by atoms with Crippen LogP contribution < -0.4 is 5.32 Å². The average Bonchev–Trinajstić information content (AvgIpc) is 2.75. The molecule has 0 spiro atoms. The fourth-order valence-electron chi connectivity index (χ4n) is 1.33. The summed E-state index contributed by atoms with van der Waals surface area (Å²) in [6.07, 6.45) is 3.72. The van der Waals surface area contributed by atoms with E-state index in [9.17, 15) is 13.2 Å². The highest BCUT2D eigenvalue weighted by Crippen LogP contribution is 2.19. The van der Waals surface area contributed by atoms with Crippen LogP contribution in [-0.2, 0) is 9.84 Å². The number of anilines is 1. The zero-order valence-corrected chi connectivity index (χ0v) is 12.2. The molecule has 19 heavy (non-hydrogen) atoms. The summed E-state index contributed by atoms with van der Waals surface area (Å²) in [6.45, 7) is 0. The number of halogens is 1. The molecule has 0 radical (unpaired) electrons. The van der Waals surface area contributed by atoms with Crippen LogP contribution in [-0.4, -0.2) is 25.6 Å². The van der Waals surface area contributed by atoms with Crippen LogP contribution in [0.2, 0.25) is 0 Å². The molecule has 0 saturated heterocycles. The number of hydrogen-bond donors (Lipinski definition) is 1. The highest BCUT2D eigenvalue weighted by Gasteiger charge is 2.13. The molecule has 0 fully saturated rings. The lowest BCUT2D eigenvalue weighted by atomic mass is 10.3. The Morgan fingerprint density at radius 3 is 2.58 bits per heavy atom. The smallest absolute Gasteiger partial charge is 0.260 e. The lowest BCUT2D eigenvalue weighted by molar-refractivity contribution is 0.102. The van der Waals surface area contributed by atoms with Crippen molar-refractivity contribution < 1.29 is 17.6 Å². The van der Waals surface area contributed by atoms with Crippen molar-refractivity contribution in [2.75, 3.05) is 11.6 Å². The topological polar surface area (TPSA) is 89.3 Å². The highest BCUT2D eigenvalue weighted by molar-refractivity contribution is 9.10. The van der Waals surface area contributed by atoms with Crippen molar-refractivity contribution in [2.24, 2.45) is 0 Å². The van der Waals surface area contributed by atoms with Gasteiger partial charge in [0.05, 0.1) is 23.7 Å². The van der Waals surface area contributed by atoms with Crippen molar-refractivity contribution in [3.63, 3.8) is 0 Å². The maximum atomic E-state index is 11.8. The van der Waals surface area contributed by atoms with E-state index in [1.807, 2.05) is 0 Å². The third kappa shape index (κ3) is 3.21. The Bertz CT molecular complexity index is 707. The van der Waals surface area contributed by atoms with Crippen LogP contribution in [0, 0.1) is 0 Å². The molecule has 0 atom stereocenters. The predicted octanol–water partition coefficient (Wildman–Crippen LogP) is 2.09. The zero-order valence-electron chi connectivity index (χ0n) is 9.75. The average molecular weight is 345 g/mol. The first-order chi connectivity index (χ1) is 8.88. The Balaban J connectivity index is 2.17. The van der Waals surface area contributed by atoms with Crippen LogP contribution in [0.5, 0.6) is 0 Å². The van der Waals surface area contributed by atoms with E-state index in [4.69, 9.17) is 4.42 Å². The molecule has 6 nitrogen and oxygen atoms in total. The molecule has 1 N–H and O–H groups in total. The largest absolute Gasteiger partial charge is 0.457 e. The third-order valence-electron chi connectivity index (χ3n) is 2.24. The molecular weight excluding hydrogens is 336 g/mol. The number of nitrogens with one attached hydrogen (secondary N) is 1. The first-order valence-electron chi connectivity index (χ1n) is 5.08. The van der Waals surface area contributed by atoms with Crippen LogP contribution in [0.25, 0.3) is 0 Å². The van der Waals surface area contributed by atoms with E-state index in [1.165, 1.54) is 30.7 Å². The number of rotatable bonds is 3. The van der Waals surface area contributed by atoms with Crippen LogP contribution in [0.1, 0.15) is 10.4 Å². The van der Waals surface area contributed by atoms with Gasteiger partial charge in [0.1, 0.15) is 0 Å². The van der Waals surface area contributed by atoms with Gasteiger partial charge in [0.25, 0.3) is 5.91 Å². The summed E-state index contributed by atoms with van der Waals surface area (Å²) in [5.74, 6) is -0.380. The SMILES string of the molecule is CS(=O)(=O)c1ccc(NC(=O)c2ccoc2Br)cn1. The van der Waals surface area contributed by atoms with Gasteiger partial charge in [-0.05, 0) is 34.1 Å². The Labute approximate surface area is 117 Å². The van der Waals surface area contributed by atoms with Crippen LogP contribution >= 0.6 is 15.9 Å². The first-order valence-corrected chi connectivity index (χ1v) is 7.77. The number of carbonyl (C=O) groups is 1. The standard InChI is InChI=1S/C11H9BrN2O4S/c1-19(16,17)9-3-2-7(6-13-9)14-11(15)8-4-5-18-10(8)12/h2-6H,1H3,(H,14,15). The molecule has 1 amide bonds. The lowest BCUT2D eigenvalue weighted by Gasteiger charge is -2.04. The van der Waals surface area contributed by atoms with E-state index >= 15 is 0 Å². The van der Waals surface area contributed by atoms with E-state index in [0.717, 1.165) is 6.26 Å². The van der Waals surface area contributed by atoms with Gasteiger partial charge in [-0.15, -0.1) is 0 Å². The van der Waals surface area contributed by atoms with E-state index in [1.54, 1.807) is 0 Å². The van der Waals surface area contributed by atoms with Gasteiger partial charge in [-0.2, -0.15) is 0 Å². The van der Waals surface area contributed by atoms with E-state index in [0.29, 0.717) is 15.9 Å². The second-order valence-corrected chi connectivity index (χ2v) is 6.40. The van der Waals surface area contributed by atoms with Gasteiger partial charge in [-0.3, -0.25) is 4.79 Å². The molecule has 2 aromatic heterocycles. The minimum atomic E-state index is -3.34. The van der Waals surface area contributed by atoms with Gasteiger partial charge in [-0.1, -0.05) is 0 Å². The van der Waals surface area contributed by atoms with Crippen LogP contribution in [0.4, 0.5) is 5.69 Å². The molecule has 0 aliphatic rings. The number of amides is 1. The summed E-state index contributed by atoms with van der Waals surface area (Å²) >= 11 is 3.10. The van der Waals surface area contributed by atoms with Crippen molar-refractivity contribution in [2.45, 2.75) is 5.03 Å². The Kier molecular flexibility index (Phi) is 3.72. The van der Waals surface area contributed by atoms with E-state index < -0.39 is 9.84 Å². The van der Waals surface area contributed by atoms with Crippen LogP contribution in [0.15, 0.2) is 44.8 Å².